The Kier molecular flexibility index (Phi) is 6.00. The molecule has 5 nitrogen and oxygen atoms in total. The SMILES string of the molecule is CN(CCO)C1(CNC(=O)C2(O)CCc3ccccc3C2)CCCCC1. The van der Waals surface area contributed by atoms with E-state index in [1.807, 2.05) is 25.2 Å². The molecule has 3 rings (SSSR count). The van der Waals surface area contributed by atoms with Gasteiger partial charge in [-0.3, -0.25) is 9.69 Å². The molecule has 0 aliphatic heterocycles. The van der Waals surface area contributed by atoms with Crippen molar-refractivity contribution in [2.75, 3.05) is 26.7 Å². The van der Waals surface area contributed by atoms with E-state index in [9.17, 15) is 15.0 Å². The first-order chi connectivity index (χ1) is 12.5. The van der Waals surface area contributed by atoms with Crippen LogP contribution >= 0.6 is 0 Å². The summed E-state index contributed by atoms with van der Waals surface area (Å²) in [5.74, 6) is -0.255. The summed E-state index contributed by atoms with van der Waals surface area (Å²) >= 11 is 0. The summed E-state index contributed by atoms with van der Waals surface area (Å²) in [6, 6.07) is 8.05. The van der Waals surface area contributed by atoms with Gasteiger partial charge in [-0.15, -0.1) is 0 Å². The minimum absolute atomic E-state index is 0.112. The molecule has 0 saturated heterocycles. The highest BCUT2D eigenvalue weighted by atomic mass is 16.3. The van der Waals surface area contributed by atoms with Gasteiger partial charge in [-0.1, -0.05) is 43.5 Å². The number of rotatable bonds is 6. The van der Waals surface area contributed by atoms with E-state index in [4.69, 9.17) is 0 Å². The highest BCUT2D eigenvalue weighted by Crippen LogP contribution is 2.33. The minimum Gasteiger partial charge on any atom is -0.395 e. The number of aliphatic hydroxyl groups excluding tert-OH is 1. The van der Waals surface area contributed by atoms with E-state index in [-0.39, 0.29) is 18.1 Å². The fourth-order valence-electron chi connectivity index (χ4n) is 4.61. The first-order valence-corrected chi connectivity index (χ1v) is 9.89. The van der Waals surface area contributed by atoms with Gasteiger partial charge in [0.15, 0.2) is 0 Å². The Hall–Kier alpha value is -1.43. The first-order valence-electron chi connectivity index (χ1n) is 9.89. The lowest BCUT2D eigenvalue weighted by Crippen LogP contribution is -2.59. The number of aryl methyl sites for hydroxylation is 1. The van der Waals surface area contributed by atoms with Crippen LogP contribution in [0.2, 0.25) is 0 Å². The molecule has 3 N–H and O–H groups in total. The number of carbonyl (C=O) groups excluding carboxylic acids is 1. The van der Waals surface area contributed by atoms with Crippen LogP contribution < -0.4 is 5.32 Å². The van der Waals surface area contributed by atoms with Crippen LogP contribution in [0.25, 0.3) is 0 Å². The second kappa shape index (κ2) is 8.07. The van der Waals surface area contributed by atoms with E-state index in [0.29, 0.717) is 25.9 Å². The molecule has 1 saturated carbocycles. The summed E-state index contributed by atoms with van der Waals surface area (Å²) in [7, 11) is 2.03. The summed E-state index contributed by atoms with van der Waals surface area (Å²) in [6.07, 6.45) is 7.13. The van der Waals surface area contributed by atoms with Crippen LogP contribution in [0.4, 0.5) is 0 Å². The molecular formula is C21H32N2O3. The standard InChI is InChI=1S/C21H32N2O3/c1-23(13-14-24)20(10-5-2-6-11-20)16-22-19(25)21(26)12-9-17-7-3-4-8-18(17)15-21/h3-4,7-8,24,26H,2,5-6,9-16H2,1H3,(H,22,25). The molecule has 26 heavy (non-hydrogen) atoms. The van der Waals surface area contributed by atoms with Gasteiger partial charge in [0.1, 0.15) is 5.60 Å². The van der Waals surface area contributed by atoms with E-state index >= 15 is 0 Å². The maximum absolute atomic E-state index is 12.9. The quantitative estimate of drug-likeness (QED) is 0.721. The van der Waals surface area contributed by atoms with Crippen molar-refractivity contribution >= 4 is 5.91 Å². The molecule has 0 heterocycles. The number of likely N-dealkylation sites (N-methyl/N-ethyl adjacent to an activating group) is 1. The number of benzene rings is 1. The number of fused-ring (bicyclic) bond motifs is 1. The summed E-state index contributed by atoms with van der Waals surface area (Å²) in [5.41, 5.74) is 0.872. The molecule has 0 radical (unpaired) electrons. The van der Waals surface area contributed by atoms with Crippen LogP contribution in [0.15, 0.2) is 24.3 Å². The lowest BCUT2D eigenvalue weighted by molar-refractivity contribution is -0.141. The Morgan fingerprint density at radius 3 is 2.54 bits per heavy atom. The van der Waals surface area contributed by atoms with Gasteiger partial charge in [0.2, 0.25) is 0 Å². The van der Waals surface area contributed by atoms with Gasteiger partial charge < -0.3 is 15.5 Å². The van der Waals surface area contributed by atoms with Crippen molar-refractivity contribution in [3.8, 4) is 0 Å². The van der Waals surface area contributed by atoms with Crippen molar-refractivity contribution in [2.45, 2.75) is 62.5 Å². The van der Waals surface area contributed by atoms with Gasteiger partial charge in [0, 0.05) is 25.0 Å². The summed E-state index contributed by atoms with van der Waals surface area (Å²) < 4.78 is 0. The van der Waals surface area contributed by atoms with Gasteiger partial charge in [0.25, 0.3) is 5.91 Å². The topological polar surface area (TPSA) is 72.8 Å². The summed E-state index contributed by atoms with van der Waals surface area (Å²) in [5, 5.41) is 23.4. The van der Waals surface area contributed by atoms with Crippen LogP contribution in [0, 0.1) is 0 Å². The molecule has 0 bridgehead atoms. The van der Waals surface area contributed by atoms with Gasteiger partial charge in [0.05, 0.1) is 6.61 Å². The van der Waals surface area contributed by atoms with Gasteiger partial charge in [-0.2, -0.15) is 0 Å². The lowest BCUT2D eigenvalue weighted by Gasteiger charge is -2.45. The van der Waals surface area contributed by atoms with E-state index in [0.717, 1.165) is 37.7 Å². The van der Waals surface area contributed by atoms with Crippen molar-refractivity contribution in [2.24, 2.45) is 0 Å². The highest BCUT2D eigenvalue weighted by molar-refractivity contribution is 5.85. The molecule has 1 atom stereocenters. The monoisotopic (exact) mass is 360 g/mol. The van der Waals surface area contributed by atoms with E-state index in [2.05, 4.69) is 16.3 Å². The normalized spacial score (nSPS) is 24.9. The number of hydrogen-bond donors (Lipinski definition) is 3. The predicted octanol–water partition coefficient (Wildman–Crippen LogP) is 1.65. The van der Waals surface area contributed by atoms with Crippen LogP contribution in [-0.4, -0.2) is 58.9 Å². The van der Waals surface area contributed by atoms with E-state index < -0.39 is 5.60 Å². The smallest absolute Gasteiger partial charge is 0.252 e. The zero-order valence-electron chi connectivity index (χ0n) is 15.8. The molecule has 1 amide bonds. The van der Waals surface area contributed by atoms with Crippen molar-refractivity contribution in [3.63, 3.8) is 0 Å². The molecule has 0 spiro atoms. The summed E-state index contributed by atoms with van der Waals surface area (Å²) in [4.78, 5) is 15.1. The molecule has 1 aromatic carbocycles. The number of amides is 1. The molecule has 1 unspecified atom stereocenters. The summed E-state index contributed by atoms with van der Waals surface area (Å²) in [6.45, 7) is 1.26. The Bertz CT molecular complexity index is 627. The molecule has 1 aromatic rings. The van der Waals surface area contributed by atoms with E-state index in [1.165, 1.54) is 12.0 Å². The van der Waals surface area contributed by atoms with E-state index in [1.54, 1.807) is 0 Å². The maximum Gasteiger partial charge on any atom is 0.252 e. The number of carbonyl (C=O) groups is 1. The zero-order chi connectivity index (χ0) is 18.6. The van der Waals surface area contributed by atoms with Crippen molar-refractivity contribution < 1.29 is 15.0 Å². The van der Waals surface area contributed by atoms with Crippen molar-refractivity contribution in [1.29, 1.82) is 0 Å². The van der Waals surface area contributed by atoms with Crippen LogP contribution in [0.5, 0.6) is 0 Å². The largest absolute Gasteiger partial charge is 0.395 e. The number of nitrogens with one attached hydrogen (secondary N) is 1. The Labute approximate surface area is 156 Å². The fraction of sp³-hybridized carbons (Fsp3) is 0.667. The highest BCUT2D eigenvalue weighted by Gasteiger charge is 2.41. The second-order valence-electron chi connectivity index (χ2n) is 8.09. The second-order valence-corrected chi connectivity index (χ2v) is 8.09. The first kappa shape index (κ1) is 19.3. The predicted molar refractivity (Wildman–Crippen MR) is 102 cm³/mol. The number of β-amino-alcohol motifs (C(OH)–C–C–N with tert-alkyl or cyclic N) is 1. The average Bonchev–Trinajstić information content (AvgIpc) is 2.67. The van der Waals surface area contributed by atoms with Gasteiger partial charge in [-0.05, 0) is 43.9 Å². The zero-order valence-corrected chi connectivity index (χ0v) is 15.8. The van der Waals surface area contributed by atoms with Gasteiger partial charge >= 0.3 is 0 Å². The molecular weight excluding hydrogens is 328 g/mol. The molecule has 144 valence electrons. The number of hydrogen-bond acceptors (Lipinski definition) is 4. The van der Waals surface area contributed by atoms with Crippen molar-refractivity contribution in [3.05, 3.63) is 35.4 Å². The minimum atomic E-state index is -1.32. The number of aliphatic hydroxyl groups is 2. The average molecular weight is 360 g/mol. The fourth-order valence-corrected chi connectivity index (χ4v) is 4.61. The Morgan fingerprint density at radius 1 is 1.15 bits per heavy atom. The lowest BCUT2D eigenvalue weighted by atomic mass is 9.78. The van der Waals surface area contributed by atoms with Crippen LogP contribution in [0.1, 0.15) is 49.7 Å². The third-order valence-electron chi connectivity index (χ3n) is 6.44. The molecule has 0 aromatic heterocycles. The molecule has 2 aliphatic carbocycles. The number of nitrogens with zero attached hydrogens (tertiary/aromatic N) is 1. The maximum atomic E-state index is 12.9. The molecule has 1 fully saturated rings. The van der Waals surface area contributed by atoms with Crippen LogP contribution in [0.3, 0.4) is 0 Å². The molecule has 2 aliphatic rings. The Morgan fingerprint density at radius 2 is 1.85 bits per heavy atom. The van der Waals surface area contributed by atoms with Gasteiger partial charge in [-0.25, -0.2) is 0 Å². The van der Waals surface area contributed by atoms with Crippen LogP contribution in [-0.2, 0) is 17.6 Å². The third-order valence-corrected chi connectivity index (χ3v) is 6.44. The molecule has 5 heteroatoms. The van der Waals surface area contributed by atoms with Crippen molar-refractivity contribution in [1.82, 2.24) is 10.2 Å². The Balaban J connectivity index is 1.67. The third kappa shape index (κ3) is 3.95.